The number of hydrogen-bond donors (Lipinski definition) is 2. The first-order valence-corrected chi connectivity index (χ1v) is 3.96. The maximum atomic E-state index is 5.69. The quantitative estimate of drug-likeness (QED) is 0.471. The Balaban J connectivity index is 1.96. The van der Waals surface area contributed by atoms with Gasteiger partial charge in [-0.3, -0.25) is 0 Å². The summed E-state index contributed by atoms with van der Waals surface area (Å²) in [6, 6.07) is 0.566. The lowest BCUT2D eigenvalue weighted by Crippen LogP contribution is -2.50. The highest BCUT2D eigenvalue weighted by atomic mass is 16.5. The second-order valence-corrected chi connectivity index (χ2v) is 3.16. The van der Waals surface area contributed by atoms with Crippen LogP contribution in [0.4, 0.5) is 0 Å². The van der Waals surface area contributed by atoms with E-state index in [1.165, 1.54) is 0 Å². The highest BCUT2D eigenvalue weighted by Gasteiger charge is 2.32. The maximum absolute atomic E-state index is 5.69. The van der Waals surface area contributed by atoms with Crippen LogP contribution in [0.1, 0.15) is 6.92 Å². The van der Waals surface area contributed by atoms with E-state index >= 15 is 0 Å². The first-order chi connectivity index (χ1) is 4.86. The van der Waals surface area contributed by atoms with E-state index in [2.05, 4.69) is 17.6 Å². The van der Waals surface area contributed by atoms with Crippen LogP contribution in [0.3, 0.4) is 0 Å². The fourth-order valence-electron chi connectivity index (χ4n) is 1.67. The summed E-state index contributed by atoms with van der Waals surface area (Å²) >= 11 is 0. The monoisotopic (exact) mass is 142 g/mol. The average Bonchev–Trinajstić information content (AvgIpc) is 2.33. The van der Waals surface area contributed by atoms with Crippen LogP contribution in [0.2, 0.25) is 0 Å². The van der Waals surface area contributed by atoms with E-state index in [-0.39, 0.29) is 0 Å². The molecular formula is C7H14N2O. The molecule has 2 aliphatic heterocycles. The Morgan fingerprint density at radius 1 is 1.30 bits per heavy atom. The van der Waals surface area contributed by atoms with Gasteiger partial charge >= 0.3 is 0 Å². The van der Waals surface area contributed by atoms with E-state index in [0.717, 1.165) is 19.6 Å². The molecule has 0 spiro atoms. The molecule has 0 aromatic carbocycles. The lowest BCUT2D eigenvalue weighted by Gasteiger charge is -2.30. The van der Waals surface area contributed by atoms with Crippen molar-refractivity contribution in [2.24, 2.45) is 0 Å². The largest absolute Gasteiger partial charge is 0.371 e. The van der Waals surface area contributed by atoms with Crippen molar-refractivity contribution in [3.63, 3.8) is 0 Å². The molecule has 3 atom stereocenters. The summed E-state index contributed by atoms with van der Waals surface area (Å²) in [7, 11) is 0. The van der Waals surface area contributed by atoms with Crippen molar-refractivity contribution in [1.82, 2.24) is 10.6 Å². The smallest absolute Gasteiger partial charge is 0.0868 e. The van der Waals surface area contributed by atoms with E-state index in [4.69, 9.17) is 4.74 Å². The minimum absolute atomic E-state index is 0.390. The second kappa shape index (κ2) is 2.49. The number of morpholine rings is 1. The molecule has 3 unspecified atom stereocenters. The van der Waals surface area contributed by atoms with Gasteiger partial charge in [-0.1, -0.05) is 0 Å². The van der Waals surface area contributed by atoms with Crippen molar-refractivity contribution >= 4 is 0 Å². The molecule has 0 bridgehead atoms. The predicted molar refractivity (Wildman–Crippen MR) is 39.0 cm³/mol. The summed E-state index contributed by atoms with van der Waals surface area (Å²) in [6.45, 7) is 5.20. The van der Waals surface area contributed by atoms with Crippen molar-refractivity contribution in [3.05, 3.63) is 0 Å². The van der Waals surface area contributed by atoms with Gasteiger partial charge in [-0.15, -0.1) is 0 Å². The predicted octanol–water partition coefficient (Wildman–Crippen LogP) is -0.665. The molecule has 2 N–H and O–H groups in total. The van der Waals surface area contributed by atoms with Crippen LogP contribution in [0, 0.1) is 0 Å². The summed E-state index contributed by atoms with van der Waals surface area (Å²) in [4.78, 5) is 0. The standard InChI is InChI=1S/C7H14N2O/c1-5-2-9-6-3-8-4-7(6)10-5/h5-9H,2-4H2,1H3. The van der Waals surface area contributed by atoms with Crippen LogP contribution in [-0.2, 0) is 4.74 Å². The SMILES string of the molecule is CC1CNC2CNCC2O1. The van der Waals surface area contributed by atoms with Crippen LogP contribution in [0.5, 0.6) is 0 Å². The second-order valence-electron chi connectivity index (χ2n) is 3.16. The van der Waals surface area contributed by atoms with Crippen molar-refractivity contribution < 1.29 is 4.74 Å². The highest BCUT2D eigenvalue weighted by Crippen LogP contribution is 2.12. The van der Waals surface area contributed by atoms with Gasteiger partial charge in [0, 0.05) is 25.7 Å². The molecule has 2 fully saturated rings. The normalized spacial score (nSPS) is 47.1. The van der Waals surface area contributed by atoms with Crippen molar-refractivity contribution in [2.75, 3.05) is 19.6 Å². The summed E-state index contributed by atoms with van der Waals surface area (Å²) in [5.41, 5.74) is 0. The molecule has 0 amide bonds. The van der Waals surface area contributed by atoms with Gasteiger partial charge < -0.3 is 15.4 Å². The summed E-state index contributed by atoms with van der Waals surface area (Å²) < 4.78 is 5.69. The molecule has 58 valence electrons. The van der Waals surface area contributed by atoms with Crippen LogP contribution >= 0.6 is 0 Å². The van der Waals surface area contributed by atoms with Gasteiger partial charge in [0.1, 0.15) is 0 Å². The minimum Gasteiger partial charge on any atom is -0.371 e. The number of fused-ring (bicyclic) bond motifs is 1. The number of hydrogen-bond acceptors (Lipinski definition) is 3. The Bertz CT molecular complexity index is 129. The van der Waals surface area contributed by atoms with Gasteiger partial charge in [-0.2, -0.15) is 0 Å². The fourth-order valence-corrected chi connectivity index (χ4v) is 1.67. The first-order valence-electron chi connectivity index (χ1n) is 3.96. The lowest BCUT2D eigenvalue weighted by molar-refractivity contribution is -0.0335. The van der Waals surface area contributed by atoms with Crippen molar-refractivity contribution in [3.8, 4) is 0 Å². The van der Waals surface area contributed by atoms with Gasteiger partial charge in [-0.05, 0) is 6.92 Å². The zero-order valence-corrected chi connectivity index (χ0v) is 6.26. The molecule has 0 saturated carbocycles. The van der Waals surface area contributed by atoms with Crippen LogP contribution in [0.25, 0.3) is 0 Å². The molecule has 2 saturated heterocycles. The topological polar surface area (TPSA) is 33.3 Å². The fraction of sp³-hybridized carbons (Fsp3) is 1.00. The molecular weight excluding hydrogens is 128 g/mol. The Morgan fingerprint density at radius 3 is 3.10 bits per heavy atom. The number of ether oxygens (including phenoxy) is 1. The van der Waals surface area contributed by atoms with Crippen molar-refractivity contribution in [1.29, 1.82) is 0 Å². The Labute approximate surface area is 61.1 Å². The molecule has 2 rings (SSSR count). The molecule has 3 heteroatoms. The van der Waals surface area contributed by atoms with Gasteiger partial charge in [0.05, 0.1) is 12.2 Å². The molecule has 3 nitrogen and oxygen atoms in total. The first kappa shape index (κ1) is 6.58. The minimum atomic E-state index is 0.390. The van der Waals surface area contributed by atoms with Crippen molar-refractivity contribution in [2.45, 2.75) is 25.2 Å². The van der Waals surface area contributed by atoms with Crippen LogP contribution < -0.4 is 10.6 Å². The molecule has 10 heavy (non-hydrogen) atoms. The van der Waals surface area contributed by atoms with E-state index in [1.54, 1.807) is 0 Å². The molecule has 0 radical (unpaired) electrons. The number of rotatable bonds is 0. The third kappa shape index (κ3) is 1.05. The maximum Gasteiger partial charge on any atom is 0.0868 e. The van der Waals surface area contributed by atoms with Gasteiger partial charge in [-0.25, -0.2) is 0 Å². The van der Waals surface area contributed by atoms with Crippen LogP contribution in [-0.4, -0.2) is 37.9 Å². The summed E-state index contributed by atoms with van der Waals surface area (Å²) in [6.07, 6.45) is 0.810. The third-order valence-corrected chi connectivity index (χ3v) is 2.23. The third-order valence-electron chi connectivity index (χ3n) is 2.23. The molecule has 2 aliphatic rings. The number of nitrogens with one attached hydrogen (secondary N) is 2. The Kier molecular flexibility index (Phi) is 1.64. The van der Waals surface area contributed by atoms with Crippen LogP contribution in [0.15, 0.2) is 0 Å². The molecule has 2 heterocycles. The van der Waals surface area contributed by atoms with Gasteiger partial charge in [0.15, 0.2) is 0 Å². The molecule has 0 aromatic rings. The van der Waals surface area contributed by atoms with Gasteiger partial charge in [0.25, 0.3) is 0 Å². The zero-order chi connectivity index (χ0) is 6.97. The molecule has 0 aromatic heterocycles. The van der Waals surface area contributed by atoms with E-state index < -0.39 is 0 Å². The zero-order valence-electron chi connectivity index (χ0n) is 6.26. The highest BCUT2D eigenvalue weighted by molar-refractivity contribution is 4.91. The van der Waals surface area contributed by atoms with E-state index in [9.17, 15) is 0 Å². The van der Waals surface area contributed by atoms with E-state index in [0.29, 0.717) is 18.2 Å². The average molecular weight is 142 g/mol. The Morgan fingerprint density at radius 2 is 2.20 bits per heavy atom. The lowest BCUT2D eigenvalue weighted by atomic mass is 10.1. The molecule has 0 aliphatic carbocycles. The van der Waals surface area contributed by atoms with Gasteiger partial charge in [0.2, 0.25) is 0 Å². The summed E-state index contributed by atoms with van der Waals surface area (Å²) in [5, 5.41) is 6.74. The Hall–Kier alpha value is -0.120. The summed E-state index contributed by atoms with van der Waals surface area (Å²) in [5.74, 6) is 0. The van der Waals surface area contributed by atoms with E-state index in [1.807, 2.05) is 0 Å².